The molecule has 2 N–H and O–H groups in total. The van der Waals surface area contributed by atoms with Gasteiger partial charge in [0.1, 0.15) is 6.54 Å². The summed E-state index contributed by atoms with van der Waals surface area (Å²) in [7, 11) is 0. The summed E-state index contributed by atoms with van der Waals surface area (Å²) >= 11 is 0. The van der Waals surface area contributed by atoms with E-state index in [1.54, 1.807) is 26.0 Å². The molecule has 1 unspecified atom stereocenters. The third-order valence-electron chi connectivity index (χ3n) is 4.88. The Balaban J connectivity index is 1.80. The minimum absolute atomic E-state index is 0.174. The zero-order valence-electron chi connectivity index (χ0n) is 17.0. The number of fused-ring (bicyclic) bond motifs is 1. The molecule has 2 aromatic heterocycles. The molecule has 0 amide bonds. The van der Waals surface area contributed by atoms with Gasteiger partial charge in [-0.3, -0.25) is 29.1 Å². The molecule has 0 saturated carbocycles. The van der Waals surface area contributed by atoms with Crippen LogP contribution in [0.25, 0.3) is 10.8 Å². The van der Waals surface area contributed by atoms with Crippen LogP contribution in [-0.2, 0) is 16.1 Å². The molecule has 0 fully saturated rings. The molecule has 0 aliphatic rings. The first-order valence-corrected chi connectivity index (χ1v) is 9.27. The molecule has 0 aliphatic carbocycles. The van der Waals surface area contributed by atoms with Crippen molar-refractivity contribution >= 4 is 28.3 Å². The number of Topliss-reactive ketones (excluding diaryl/α,β-unsaturated/α-hetero) is 2. The largest absolute Gasteiger partial charge is 0.453 e. The molecular weight excluding hydrogens is 390 g/mol. The monoisotopic (exact) mass is 411 g/mol. The van der Waals surface area contributed by atoms with E-state index in [2.05, 4.69) is 10.1 Å². The predicted molar refractivity (Wildman–Crippen MR) is 109 cm³/mol. The molecule has 0 bridgehead atoms. The lowest BCUT2D eigenvalue weighted by atomic mass is 10.0. The molecule has 0 aliphatic heterocycles. The van der Waals surface area contributed by atoms with Gasteiger partial charge in [-0.25, -0.2) is 4.68 Å². The number of nitrogens with one attached hydrogen (secondary N) is 2. The first-order chi connectivity index (χ1) is 14.1. The number of aromatic nitrogens is 3. The first-order valence-electron chi connectivity index (χ1n) is 9.27. The van der Waals surface area contributed by atoms with Crippen molar-refractivity contribution in [3.05, 3.63) is 67.5 Å². The van der Waals surface area contributed by atoms with E-state index >= 15 is 0 Å². The summed E-state index contributed by atoms with van der Waals surface area (Å²) in [6.07, 6.45) is -1.16. The van der Waals surface area contributed by atoms with Gasteiger partial charge in [0.05, 0.1) is 16.5 Å². The number of aromatic amines is 2. The lowest BCUT2D eigenvalue weighted by Crippen LogP contribution is -2.34. The number of hydrogen-bond acceptors (Lipinski definition) is 6. The number of hydrogen-bond donors (Lipinski definition) is 2. The van der Waals surface area contributed by atoms with E-state index in [1.165, 1.54) is 26.0 Å². The van der Waals surface area contributed by atoms with Crippen LogP contribution in [0.1, 0.15) is 46.0 Å². The van der Waals surface area contributed by atoms with E-state index in [-0.39, 0.29) is 22.2 Å². The van der Waals surface area contributed by atoms with Crippen LogP contribution in [0.5, 0.6) is 0 Å². The molecule has 3 aromatic rings. The maximum absolute atomic E-state index is 12.7. The quantitative estimate of drug-likeness (QED) is 0.468. The topological polar surface area (TPSA) is 131 Å². The molecule has 9 heteroatoms. The Kier molecular flexibility index (Phi) is 5.55. The second-order valence-electron chi connectivity index (χ2n) is 7.06. The van der Waals surface area contributed by atoms with Crippen molar-refractivity contribution in [1.82, 2.24) is 14.8 Å². The number of ketones is 2. The third-order valence-corrected chi connectivity index (χ3v) is 4.88. The van der Waals surface area contributed by atoms with Crippen LogP contribution in [-0.4, -0.2) is 38.4 Å². The fourth-order valence-corrected chi connectivity index (χ4v) is 3.50. The number of rotatable bonds is 6. The summed E-state index contributed by atoms with van der Waals surface area (Å²) in [5.41, 5.74) is 0.594. The number of benzene rings is 1. The number of ether oxygens (including phenoxy) is 1. The van der Waals surface area contributed by atoms with Gasteiger partial charge >= 0.3 is 5.97 Å². The highest BCUT2D eigenvalue weighted by Crippen LogP contribution is 2.20. The number of carbonyl (C=O) groups excluding carboxylic acids is 3. The summed E-state index contributed by atoms with van der Waals surface area (Å²) in [4.78, 5) is 64.2. The summed E-state index contributed by atoms with van der Waals surface area (Å²) in [5, 5.41) is 2.73. The molecule has 1 aromatic carbocycles. The molecule has 1 atom stereocenters. The minimum Gasteiger partial charge on any atom is -0.453 e. The Labute approximate surface area is 170 Å². The van der Waals surface area contributed by atoms with E-state index in [0.717, 1.165) is 4.68 Å². The van der Waals surface area contributed by atoms with Gasteiger partial charge in [0.25, 0.3) is 11.1 Å². The van der Waals surface area contributed by atoms with Gasteiger partial charge < -0.3 is 9.72 Å². The normalized spacial score (nSPS) is 12.0. The van der Waals surface area contributed by atoms with Crippen molar-refractivity contribution in [2.45, 2.75) is 40.3 Å². The van der Waals surface area contributed by atoms with E-state index in [0.29, 0.717) is 16.8 Å². The number of esters is 1. The summed E-state index contributed by atoms with van der Waals surface area (Å²) in [6.45, 7) is 5.57. The molecule has 0 saturated heterocycles. The highest BCUT2D eigenvalue weighted by molar-refractivity contribution is 6.05. The smallest absolute Gasteiger partial charge is 0.328 e. The summed E-state index contributed by atoms with van der Waals surface area (Å²) in [5.74, 6) is -1.54. The van der Waals surface area contributed by atoms with Gasteiger partial charge in [-0.15, -0.1) is 0 Å². The van der Waals surface area contributed by atoms with Crippen LogP contribution < -0.4 is 11.1 Å². The Morgan fingerprint density at radius 3 is 2.33 bits per heavy atom. The molecule has 9 nitrogen and oxygen atoms in total. The fourth-order valence-electron chi connectivity index (χ4n) is 3.50. The number of H-pyrrole nitrogens is 2. The van der Waals surface area contributed by atoms with Gasteiger partial charge in [-0.05, 0) is 45.4 Å². The Morgan fingerprint density at radius 1 is 1.10 bits per heavy atom. The second kappa shape index (κ2) is 7.94. The predicted octanol–water partition coefficient (Wildman–Crippen LogP) is 1.65. The second-order valence-corrected chi connectivity index (χ2v) is 7.06. The van der Waals surface area contributed by atoms with Gasteiger partial charge in [-0.1, -0.05) is 12.1 Å². The maximum atomic E-state index is 12.7. The van der Waals surface area contributed by atoms with Crippen molar-refractivity contribution in [2.75, 3.05) is 0 Å². The van der Waals surface area contributed by atoms with Gasteiger partial charge in [0.2, 0.25) is 5.78 Å². The van der Waals surface area contributed by atoms with E-state index in [9.17, 15) is 24.0 Å². The zero-order chi connectivity index (χ0) is 22.2. The molecule has 0 spiro atoms. The van der Waals surface area contributed by atoms with Crippen molar-refractivity contribution in [2.24, 2.45) is 0 Å². The highest BCUT2D eigenvalue weighted by Gasteiger charge is 2.26. The maximum Gasteiger partial charge on any atom is 0.328 e. The van der Waals surface area contributed by atoms with Gasteiger partial charge in [-0.2, -0.15) is 0 Å². The summed E-state index contributed by atoms with van der Waals surface area (Å²) in [6, 6.07) is 6.24. The molecule has 30 heavy (non-hydrogen) atoms. The zero-order valence-corrected chi connectivity index (χ0v) is 17.0. The number of carbonyl (C=O) groups is 3. The van der Waals surface area contributed by atoms with E-state index in [1.807, 2.05) is 0 Å². The van der Waals surface area contributed by atoms with E-state index < -0.39 is 35.5 Å². The van der Waals surface area contributed by atoms with Crippen LogP contribution >= 0.6 is 0 Å². The average molecular weight is 411 g/mol. The van der Waals surface area contributed by atoms with Crippen molar-refractivity contribution in [3.8, 4) is 0 Å². The van der Waals surface area contributed by atoms with Crippen molar-refractivity contribution in [1.29, 1.82) is 0 Å². The molecule has 3 rings (SSSR count). The Bertz CT molecular complexity index is 1290. The molecular formula is C21H21N3O6. The third kappa shape index (κ3) is 3.73. The average Bonchev–Trinajstić information content (AvgIpc) is 2.99. The van der Waals surface area contributed by atoms with Crippen molar-refractivity contribution < 1.29 is 19.1 Å². The highest BCUT2D eigenvalue weighted by atomic mass is 16.5. The molecule has 156 valence electrons. The Hall–Kier alpha value is -3.75. The van der Waals surface area contributed by atoms with Crippen LogP contribution in [0.3, 0.4) is 0 Å². The Morgan fingerprint density at radius 2 is 1.73 bits per heavy atom. The lowest BCUT2D eigenvalue weighted by Gasteiger charge is -2.13. The minimum atomic E-state index is -1.16. The van der Waals surface area contributed by atoms with Gasteiger partial charge in [0.15, 0.2) is 11.9 Å². The number of nitrogens with zero attached hydrogens (tertiary/aromatic N) is 1. The van der Waals surface area contributed by atoms with Crippen LogP contribution in [0.15, 0.2) is 33.9 Å². The lowest BCUT2D eigenvalue weighted by molar-refractivity contribution is -0.147. The molecule has 2 heterocycles. The van der Waals surface area contributed by atoms with Crippen LogP contribution in [0.2, 0.25) is 0 Å². The first kappa shape index (κ1) is 21.0. The fraction of sp³-hybridized carbons (Fsp3) is 0.286. The summed E-state index contributed by atoms with van der Waals surface area (Å²) < 4.78 is 6.02. The van der Waals surface area contributed by atoms with Gasteiger partial charge in [0, 0.05) is 11.3 Å². The SMILES string of the molecule is CC(=O)c1c(C)[nH]c(C(=O)C(C)OC(=O)Cn2[nH]c(=O)c3ccccc3c2=O)c1C. The van der Waals surface area contributed by atoms with Crippen LogP contribution in [0.4, 0.5) is 0 Å². The standard InChI is InChI=1S/C21H21N3O6/c1-10-17(12(3)25)11(2)22-18(10)19(27)13(4)30-16(26)9-24-21(29)15-8-6-5-7-14(15)20(28)23-24/h5-8,13,22H,9H2,1-4H3,(H,23,28). The van der Waals surface area contributed by atoms with Crippen LogP contribution in [0, 0.1) is 13.8 Å². The molecule has 0 radical (unpaired) electrons. The van der Waals surface area contributed by atoms with Crippen molar-refractivity contribution in [3.63, 3.8) is 0 Å². The number of aryl methyl sites for hydroxylation is 1. The van der Waals surface area contributed by atoms with E-state index in [4.69, 9.17) is 4.74 Å².